The van der Waals surface area contributed by atoms with E-state index in [1.807, 2.05) is 0 Å². The molecule has 1 aromatic heterocycles. The van der Waals surface area contributed by atoms with Gasteiger partial charge in [0.15, 0.2) is 5.78 Å². The van der Waals surface area contributed by atoms with Crippen molar-refractivity contribution in [3.63, 3.8) is 0 Å². The van der Waals surface area contributed by atoms with Gasteiger partial charge in [-0.3, -0.25) is 9.79 Å². The van der Waals surface area contributed by atoms with E-state index in [4.69, 9.17) is 4.99 Å². The van der Waals surface area contributed by atoms with Gasteiger partial charge < -0.3 is 4.98 Å². The van der Waals surface area contributed by atoms with Gasteiger partial charge in [-0.05, 0) is 65.1 Å². The van der Waals surface area contributed by atoms with Crippen LogP contribution in [0.15, 0.2) is 34.8 Å². The highest BCUT2D eigenvalue weighted by Gasteiger charge is 2.35. The maximum Gasteiger partial charge on any atom is 0.188 e. The highest BCUT2D eigenvalue weighted by Crippen LogP contribution is 2.38. The summed E-state index contributed by atoms with van der Waals surface area (Å²) < 4.78 is 1.18. The number of ketones is 1. The third-order valence-electron chi connectivity index (χ3n) is 5.20. The molecule has 0 fully saturated rings. The van der Waals surface area contributed by atoms with Crippen LogP contribution in [0.1, 0.15) is 49.7 Å². The zero-order valence-electron chi connectivity index (χ0n) is 14.2. The van der Waals surface area contributed by atoms with Crippen molar-refractivity contribution in [3.8, 4) is 0 Å². The first-order valence-electron chi connectivity index (χ1n) is 8.44. The third-order valence-corrected chi connectivity index (χ3v) is 5.87. The molecule has 0 radical (unpaired) electrons. The number of hydrogen-bond acceptors (Lipinski definition) is 2. The van der Waals surface area contributed by atoms with Crippen molar-refractivity contribution in [2.24, 2.45) is 16.3 Å². The summed E-state index contributed by atoms with van der Waals surface area (Å²) in [5.74, 6) is 0.112. The molecule has 4 heteroatoms. The zero-order chi connectivity index (χ0) is 17.1. The van der Waals surface area contributed by atoms with E-state index in [1.54, 1.807) is 0 Å². The molecule has 2 aliphatic rings. The molecule has 0 amide bonds. The fourth-order valence-corrected chi connectivity index (χ4v) is 4.24. The molecule has 1 aliphatic heterocycles. The Balaban J connectivity index is 1.84. The monoisotopic (exact) mass is 432 g/mol. The minimum Gasteiger partial charge on any atom is -0.352 e. The number of carbonyl (C=O) groups is 1. The van der Waals surface area contributed by atoms with Crippen molar-refractivity contribution < 1.29 is 4.79 Å². The number of fused-ring (bicyclic) bond motifs is 4. The fourth-order valence-electron chi connectivity index (χ4n) is 3.75. The number of nitrogens with zero attached hydrogens (tertiary/aromatic N) is 1. The molecule has 24 heavy (non-hydrogen) atoms. The van der Waals surface area contributed by atoms with Crippen LogP contribution in [-0.2, 0) is 6.54 Å². The number of nitrogens with one attached hydrogen (secondary N) is 1. The predicted molar refractivity (Wildman–Crippen MR) is 107 cm³/mol. The number of rotatable bonds is 0. The molecule has 0 saturated heterocycles. The molecular formula is C20H21IN2O. The second-order valence-corrected chi connectivity index (χ2v) is 9.03. The normalized spacial score (nSPS) is 21.0. The molecule has 0 saturated carbocycles. The van der Waals surface area contributed by atoms with Crippen molar-refractivity contribution in [2.75, 3.05) is 0 Å². The number of carbonyl (C=O) groups excluding carboxylic acids is 1. The number of allylic oxidation sites excluding steroid dienone is 2. The van der Waals surface area contributed by atoms with Gasteiger partial charge in [-0.2, -0.15) is 0 Å². The van der Waals surface area contributed by atoms with Gasteiger partial charge in [-0.25, -0.2) is 0 Å². The van der Waals surface area contributed by atoms with Crippen molar-refractivity contribution in [3.05, 3.63) is 44.7 Å². The van der Waals surface area contributed by atoms with Crippen LogP contribution in [0.5, 0.6) is 0 Å². The topological polar surface area (TPSA) is 45.2 Å². The number of hydrogen-bond donors (Lipinski definition) is 1. The molecule has 1 aliphatic carbocycles. The molecule has 1 aromatic carbocycles. The Bertz CT molecular complexity index is 912. The lowest BCUT2D eigenvalue weighted by Crippen LogP contribution is -2.28. The maximum absolute atomic E-state index is 13.1. The highest BCUT2D eigenvalue weighted by molar-refractivity contribution is 14.1. The van der Waals surface area contributed by atoms with Gasteiger partial charge in [0.05, 0.1) is 18.2 Å². The van der Waals surface area contributed by atoms with Crippen LogP contribution in [0.25, 0.3) is 10.9 Å². The standard InChI is InChI=1S/C20H21IN2O/c1-20(2,3)11-4-6-13-17(8-11)22-10-15-14-9-12(21)5-7-16(14)23-18(15)19(13)24/h5,7-9,13,23H,4,6,10H2,1-3H3. The predicted octanol–water partition coefficient (Wildman–Crippen LogP) is 5.29. The van der Waals surface area contributed by atoms with Crippen molar-refractivity contribution >= 4 is 45.0 Å². The molecule has 1 N–H and O–H groups in total. The van der Waals surface area contributed by atoms with E-state index in [2.05, 4.69) is 72.6 Å². The molecule has 3 nitrogen and oxygen atoms in total. The Morgan fingerprint density at radius 1 is 1.29 bits per heavy atom. The van der Waals surface area contributed by atoms with Crippen LogP contribution in [0, 0.1) is 14.9 Å². The number of aromatic amines is 1. The summed E-state index contributed by atoms with van der Waals surface area (Å²) in [4.78, 5) is 21.3. The van der Waals surface area contributed by atoms with E-state index in [0.717, 1.165) is 40.7 Å². The first-order valence-corrected chi connectivity index (χ1v) is 9.52. The second-order valence-electron chi connectivity index (χ2n) is 7.78. The Morgan fingerprint density at radius 2 is 2.08 bits per heavy atom. The van der Waals surface area contributed by atoms with Gasteiger partial charge in [0, 0.05) is 25.7 Å². The van der Waals surface area contributed by atoms with Gasteiger partial charge in [0.2, 0.25) is 0 Å². The molecule has 1 atom stereocenters. The van der Waals surface area contributed by atoms with Crippen LogP contribution in [0.4, 0.5) is 0 Å². The van der Waals surface area contributed by atoms with E-state index in [0.29, 0.717) is 6.54 Å². The van der Waals surface area contributed by atoms with Crippen molar-refractivity contribution in [1.29, 1.82) is 0 Å². The summed E-state index contributed by atoms with van der Waals surface area (Å²) in [7, 11) is 0. The third kappa shape index (κ3) is 2.55. The number of Topliss-reactive ketones (excluding diaryl/α,β-unsaturated/α-hetero) is 1. The van der Waals surface area contributed by atoms with Crippen LogP contribution in [-0.4, -0.2) is 16.5 Å². The van der Waals surface area contributed by atoms with Gasteiger partial charge >= 0.3 is 0 Å². The summed E-state index contributed by atoms with van der Waals surface area (Å²) in [6.07, 6.45) is 4.03. The van der Waals surface area contributed by atoms with E-state index in [-0.39, 0.29) is 17.1 Å². The quantitative estimate of drug-likeness (QED) is 0.565. The molecule has 0 bridgehead atoms. The molecule has 2 aromatic rings. The molecular weight excluding hydrogens is 411 g/mol. The molecule has 4 rings (SSSR count). The lowest BCUT2D eigenvalue weighted by atomic mass is 9.75. The molecule has 124 valence electrons. The van der Waals surface area contributed by atoms with Gasteiger partial charge in [-0.1, -0.05) is 26.3 Å². The second kappa shape index (κ2) is 5.55. The Labute approximate surface area is 155 Å². The number of aliphatic imine (C=N–C) groups is 1. The summed E-state index contributed by atoms with van der Waals surface area (Å²) in [5, 5.41) is 1.13. The van der Waals surface area contributed by atoms with Crippen LogP contribution < -0.4 is 0 Å². The van der Waals surface area contributed by atoms with Crippen molar-refractivity contribution in [2.45, 2.75) is 40.2 Å². The number of halogens is 1. The van der Waals surface area contributed by atoms with E-state index < -0.39 is 0 Å². The van der Waals surface area contributed by atoms with Crippen LogP contribution in [0.3, 0.4) is 0 Å². The zero-order valence-corrected chi connectivity index (χ0v) is 16.4. The lowest BCUT2D eigenvalue weighted by Gasteiger charge is -2.29. The maximum atomic E-state index is 13.1. The summed E-state index contributed by atoms with van der Waals surface area (Å²) in [6.45, 7) is 7.28. The molecule has 2 heterocycles. The van der Waals surface area contributed by atoms with Gasteiger partial charge in [0.25, 0.3) is 0 Å². The fraction of sp³-hybridized carbons (Fsp3) is 0.400. The minimum absolute atomic E-state index is 0.0931. The summed E-state index contributed by atoms with van der Waals surface area (Å²) in [5.41, 5.74) is 5.37. The SMILES string of the molecule is CC(C)(C)C1=CC2=NCc3c([nH]c4ccc(I)cc34)C(=O)C2CC1. The summed E-state index contributed by atoms with van der Waals surface area (Å²) in [6, 6.07) is 6.27. The molecule has 1 unspecified atom stereocenters. The molecule has 0 spiro atoms. The average Bonchev–Trinajstić information content (AvgIpc) is 2.82. The Morgan fingerprint density at radius 3 is 2.83 bits per heavy atom. The smallest absolute Gasteiger partial charge is 0.188 e. The highest BCUT2D eigenvalue weighted by atomic mass is 127. The summed E-state index contributed by atoms with van der Waals surface area (Å²) >= 11 is 2.32. The van der Waals surface area contributed by atoms with Crippen LogP contribution in [0.2, 0.25) is 0 Å². The largest absolute Gasteiger partial charge is 0.352 e. The van der Waals surface area contributed by atoms with E-state index >= 15 is 0 Å². The first-order chi connectivity index (χ1) is 11.3. The number of aromatic nitrogens is 1. The Kier molecular flexibility index (Phi) is 3.71. The number of benzene rings is 1. The van der Waals surface area contributed by atoms with Crippen LogP contribution >= 0.6 is 22.6 Å². The van der Waals surface area contributed by atoms with Gasteiger partial charge in [0.1, 0.15) is 0 Å². The van der Waals surface area contributed by atoms with Crippen molar-refractivity contribution in [1.82, 2.24) is 4.98 Å². The Hall–Kier alpha value is -1.43. The lowest BCUT2D eigenvalue weighted by molar-refractivity contribution is 0.0944. The van der Waals surface area contributed by atoms with E-state index in [1.165, 1.54) is 9.14 Å². The van der Waals surface area contributed by atoms with E-state index in [9.17, 15) is 4.79 Å². The van der Waals surface area contributed by atoms with Gasteiger partial charge in [-0.15, -0.1) is 0 Å². The minimum atomic E-state index is -0.0931. The average molecular weight is 432 g/mol. The first kappa shape index (κ1) is 16.1. The number of H-pyrrole nitrogens is 1.